The molecule has 1 aromatic carbocycles. The topological polar surface area (TPSA) is 90.8 Å². The van der Waals surface area contributed by atoms with E-state index in [4.69, 9.17) is 32.5 Å². The number of methoxy groups -OCH3 is 2. The molecule has 0 radical (unpaired) electrons. The summed E-state index contributed by atoms with van der Waals surface area (Å²) >= 11 is 6.23. The first-order valence-corrected chi connectivity index (χ1v) is 6.55. The van der Waals surface area contributed by atoms with Crippen LogP contribution in [-0.2, 0) is 9.47 Å². The number of carbonyl (C=O) groups excluding carboxylic acids is 1. The number of ether oxygens (including phenoxy) is 2. The molecule has 0 aromatic heterocycles. The van der Waals surface area contributed by atoms with Gasteiger partial charge < -0.3 is 25.8 Å². The van der Waals surface area contributed by atoms with Gasteiger partial charge in [-0.1, -0.05) is 11.6 Å². The average molecular weight is 300 g/mol. The molecule has 0 saturated carbocycles. The molecule has 1 amide bonds. The molecule has 1 heterocycles. The van der Waals surface area contributed by atoms with Crippen molar-refractivity contribution in [2.24, 2.45) is 5.73 Å². The fourth-order valence-corrected chi connectivity index (χ4v) is 2.86. The van der Waals surface area contributed by atoms with Crippen molar-refractivity contribution in [2.75, 3.05) is 37.9 Å². The zero-order chi connectivity index (χ0) is 14.9. The first-order valence-electron chi connectivity index (χ1n) is 6.17. The molecule has 7 heteroatoms. The summed E-state index contributed by atoms with van der Waals surface area (Å²) < 4.78 is 10.8. The molecule has 2 atom stereocenters. The van der Waals surface area contributed by atoms with Crippen LogP contribution in [0.4, 0.5) is 11.4 Å². The smallest absolute Gasteiger partial charge is 0.250 e. The second kappa shape index (κ2) is 5.87. The van der Waals surface area contributed by atoms with Crippen molar-refractivity contribution in [3.05, 3.63) is 22.7 Å². The Bertz CT molecular complexity index is 512. The number of benzene rings is 1. The van der Waals surface area contributed by atoms with Crippen LogP contribution in [0.1, 0.15) is 10.4 Å². The Morgan fingerprint density at radius 3 is 2.30 bits per heavy atom. The lowest BCUT2D eigenvalue weighted by Gasteiger charge is -2.22. The molecule has 0 bridgehead atoms. The fourth-order valence-electron chi connectivity index (χ4n) is 2.51. The number of halogens is 1. The van der Waals surface area contributed by atoms with Crippen LogP contribution in [0.25, 0.3) is 0 Å². The maximum absolute atomic E-state index is 11.6. The normalized spacial score (nSPS) is 22.2. The van der Waals surface area contributed by atoms with Crippen molar-refractivity contribution in [3.63, 3.8) is 0 Å². The van der Waals surface area contributed by atoms with E-state index < -0.39 is 5.91 Å². The molecule has 4 N–H and O–H groups in total. The number of hydrogen-bond acceptors (Lipinski definition) is 5. The van der Waals surface area contributed by atoms with Gasteiger partial charge in [0.25, 0.3) is 5.91 Å². The van der Waals surface area contributed by atoms with E-state index in [1.807, 2.05) is 4.90 Å². The number of anilines is 2. The van der Waals surface area contributed by atoms with Gasteiger partial charge in [0.15, 0.2) is 0 Å². The van der Waals surface area contributed by atoms with E-state index >= 15 is 0 Å². The molecule has 0 spiro atoms. The third kappa shape index (κ3) is 2.67. The lowest BCUT2D eigenvalue weighted by Crippen LogP contribution is -2.27. The van der Waals surface area contributed by atoms with Crippen molar-refractivity contribution >= 4 is 28.9 Å². The van der Waals surface area contributed by atoms with Crippen LogP contribution in [0, 0.1) is 0 Å². The Balaban J connectivity index is 2.41. The Morgan fingerprint density at radius 2 is 1.85 bits per heavy atom. The second-order valence-electron chi connectivity index (χ2n) is 4.72. The Morgan fingerprint density at radius 1 is 1.30 bits per heavy atom. The van der Waals surface area contributed by atoms with Crippen molar-refractivity contribution in [2.45, 2.75) is 12.2 Å². The zero-order valence-electron chi connectivity index (χ0n) is 11.4. The van der Waals surface area contributed by atoms with Crippen LogP contribution in [-0.4, -0.2) is 45.4 Å². The van der Waals surface area contributed by atoms with E-state index in [2.05, 4.69) is 0 Å². The number of rotatable bonds is 4. The van der Waals surface area contributed by atoms with Crippen molar-refractivity contribution < 1.29 is 14.3 Å². The molecule has 2 unspecified atom stereocenters. The van der Waals surface area contributed by atoms with Gasteiger partial charge in [-0.3, -0.25) is 4.79 Å². The van der Waals surface area contributed by atoms with Crippen molar-refractivity contribution in [1.29, 1.82) is 0 Å². The minimum atomic E-state index is -0.566. The standard InChI is InChI=1S/C13H18ClN3O3/c1-19-10-5-17(6-11(10)20-2)12-8(13(16)18)3-7(15)4-9(12)14/h3-4,10-11H,5-6,15H2,1-2H3,(H2,16,18). The highest BCUT2D eigenvalue weighted by atomic mass is 35.5. The summed E-state index contributed by atoms with van der Waals surface area (Å²) in [5, 5.41) is 0.394. The van der Waals surface area contributed by atoms with Gasteiger partial charge in [-0.2, -0.15) is 0 Å². The van der Waals surface area contributed by atoms with E-state index in [0.717, 1.165) is 0 Å². The summed E-state index contributed by atoms with van der Waals surface area (Å²) in [7, 11) is 3.25. The molecule has 110 valence electrons. The van der Waals surface area contributed by atoms with E-state index in [9.17, 15) is 4.79 Å². The minimum absolute atomic E-state index is 0.0886. The molecule has 1 aromatic rings. The molecular formula is C13H18ClN3O3. The number of hydrogen-bond donors (Lipinski definition) is 2. The lowest BCUT2D eigenvalue weighted by molar-refractivity contribution is -0.00461. The van der Waals surface area contributed by atoms with E-state index in [0.29, 0.717) is 35.1 Å². The van der Waals surface area contributed by atoms with Crippen molar-refractivity contribution in [1.82, 2.24) is 0 Å². The monoisotopic (exact) mass is 299 g/mol. The summed E-state index contributed by atoms with van der Waals surface area (Å²) in [6.07, 6.45) is -0.177. The molecule has 1 aliphatic rings. The molecule has 20 heavy (non-hydrogen) atoms. The number of nitrogens with zero attached hydrogens (tertiary/aromatic N) is 1. The first-order chi connectivity index (χ1) is 9.47. The van der Waals surface area contributed by atoms with Crippen LogP contribution in [0.2, 0.25) is 5.02 Å². The van der Waals surface area contributed by atoms with Gasteiger partial charge in [0.05, 0.1) is 16.3 Å². The first kappa shape index (κ1) is 14.9. The molecule has 1 aliphatic heterocycles. The average Bonchev–Trinajstić information content (AvgIpc) is 2.80. The van der Waals surface area contributed by atoms with Gasteiger partial charge in [0.1, 0.15) is 12.2 Å². The van der Waals surface area contributed by atoms with E-state index in [1.54, 1.807) is 20.3 Å². The molecule has 2 rings (SSSR count). The fraction of sp³-hybridized carbons (Fsp3) is 0.462. The predicted molar refractivity (Wildman–Crippen MR) is 78.2 cm³/mol. The second-order valence-corrected chi connectivity index (χ2v) is 5.12. The highest BCUT2D eigenvalue weighted by Gasteiger charge is 2.35. The SMILES string of the molecule is COC1CN(c2c(Cl)cc(N)cc2C(N)=O)CC1OC. The minimum Gasteiger partial charge on any atom is -0.399 e. The predicted octanol–water partition coefficient (Wildman–Crippen LogP) is 0.871. The number of carbonyl (C=O) groups is 1. The van der Waals surface area contributed by atoms with Crippen LogP contribution >= 0.6 is 11.6 Å². The highest BCUT2D eigenvalue weighted by molar-refractivity contribution is 6.34. The van der Waals surface area contributed by atoms with Gasteiger partial charge >= 0.3 is 0 Å². The quantitative estimate of drug-likeness (QED) is 0.805. The van der Waals surface area contributed by atoms with E-state index in [1.165, 1.54) is 6.07 Å². The Labute approximate surface area is 122 Å². The third-order valence-corrected chi connectivity index (χ3v) is 3.78. The summed E-state index contributed by atoms with van der Waals surface area (Å²) in [6.45, 7) is 1.14. The maximum atomic E-state index is 11.6. The molecule has 0 aliphatic carbocycles. The van der Waals surface area contributed by atoms with Crippen LogP contribution < -0.4 is 16.4 Å². The number of amides is 1. The number of nitrogen functional groups attached to an aromatic ring is 1. The van der Waals surface area contributed by atoms with Gasteiger partial charge in [-0.25, -0.2) is 0 Å². The van der Waals surface area contributed by atoms with Crippen molar-refractivity contribution in [3.8, 4) is 0 Å². The molecule has 1 saturated heterocycles. The molecule has 1 fully saturated rings. The summed E-state index contributed by atoms with van der Waals surface area (Å²) in [4.78, 5) is 13.5. The largest absolute Gasteiger partial charge is 0.399 e. The van der Waals surface area contributed by atoms with Gasteiger partial charge in [0.2, 0.25) is 0 Å². The van der Waals surface area contributed by atoms with Gasteiger partial charge in [-0.05, 0) is 12.1 Å². The number of primary amides is 1. The maximum Gasteiger partial charge on any atom is 0.250 e. The summed E-state index contributed by atoms with van der Waals surface area (Å²) in [5.74, 6) is -0.566. The summed E-state index contributed by atoms with van der Waals surface area (Å²) in [6, 6.07) is 3.14. The highest BCUT2D eigenvalue weighted by Crippen LogP contribution is 2.35. The van der Waals surface area contributed by atoms with Gasteiger partial charge in [-0.15, -0.1) is 0 Å². The Hall–Kier alpha value is -1.50. The lowest BCUT2D eigenvalue weighted by atomic mass is 10.1. The van der Waals surface area contributed by atoms with E-state index in [-0.39, 0.29) is 12.2 Å². The van der Waals surface area contributed by atoms with Crippen LogP contribution in [0.15, 0.2) is 12.1 Å². The zero-order valence-corrected chi connectivity index (χ0v) is 12.2. The molecule has 6 nitrogen and oxygen atoms in total. The third-order valence-electron chi connectivity index (χ3n) is 3.49. The summed E-state index contributed by atoms with van der Waals surface area (Å²) in [5.41, 5.74) is 12.4. The van der Waals surface area contributed by atoms with Gasteiger partial charge in [0, 0.05) is 33.0 Å². The number of nitrogens with two attached hydrogens (primary N) is 2. The molecular weight excluding hydrogens is 282 g/mol. The van der Waals surface area contributed by atoms with Crippen LogP contribution in [0.5, 0.6) is 0 Å². The Kier molecular flexibility index (Phi) is 4.37. The van der Waals surface area contributed by atoms with Crippen LogP contribution in [0.3, 0.4) is 0 Å².